The minimum atomic E-state index is -0.396. The van der Waals surface area contributed by atoms with Gasteiger partial charge in [-0.3, -0.25) is 0 Å². The van der Waals surface area contributed by atoms with Gasteiger partial charge in [0.2, 0.25) is 5.95 Å². The third kappa shape index (κ3) is 2.48. The van der Waals surface area contributed by atoms with E-state index >= 15 is 0 Å². The number of nitrogen functional groups attached to an aromatic ring is 1. The van der Waals surface area contributed by atoms with E-state index in [-0.39, 0.29) is 11.6 Å². The number of methoxy groups -OCH3 is 1. The molecule has 6 heteroatoms. The third-order valence-electron chi connectivity index (χ3n) is 2.42. The lowest BCUT2D eigenvalue weighted by molar-refractivity contribution is 0.414. The molecule has 0 aliphatic rings. The molecule has 18 heavy (non-hydrogen) atoms. The Balaban J connectivity index is 2.36. The smallest absolute Gasteiger partial charge is 0.221 e. The zero-order valence-electron chi connectivity index (χ0n) is 10.1. The number of nitrogens with two attached hydrogens (primary N) is 1. The molecule has 0 unspecified atom stereocenters. The lowest BCUT2D eigenvalue weighted by atomic mass is 10.2. The molecule has 0 aliphatic carbocycles. The molecule has 1 heterocycles. The van der Waals surface area contributed by atoms with Crippen LogP contribution in [-0.2, 0) is 0 Å². The van der Waals surface area contributed by atoms with Crippen LogP contribution in [0.4, 0.5) is 21.8 Å². The number of aromatic nitrogens is 2. The van der Waals surface area contributed by atoms with Gasteiger partial charge in [0.25, 0.3) is 0 Å². The van der Waals surface area contributed by atoms with Gasteiger partial charge in [-0.1, -0.05) is 0 Å². The molecule has 1 aromatic heterocycles. The van der Waals surface area contributed by atoms with Crippen LogP contribution in [0, 0.1) is 12.7 Å². The molecule has 0 radical (unpaired) electrons. The zero-order chi connectivity index (χ0) is 13.1. The van der Waals surface area contributed by atoms with Gasteiger partial charge in [-0.15, -0.1) is 0 Å². The first-order valence-corrected chi connectivity index (χ1v) is 5.30. The fourth-order valence-corrected chi connectivity index (χ4v) is 1.44. The van der Waals surface area contributed by atoms with Gasteiger partial charge in [0.15, 0.2) is 0 Å². The topological polar surface area (TPSA) is 73.1 Å². The quantitative estimate of drug-likeness (QED) is 0.871. The summed E-state index contributed by atoms with van der Waals surface area (Å²) in [6.45, 7) is 1.81. The number of rotatable bonds is 3. The second-order valence-corrected chi connectivity index (χ2v) is 3.73. The second kappa shape index (κ2) is 4.87. The zero-order valence-corrected chi connectivity index (χ0v) is 10.1. The van der Waals surface area contributed by atoms with E-state index in [1.807, 2.05) is 0 Å². The van der Waals surface area contributed by atoms with Gasteiger partial charge < -0.3 is 15.8 Å². The molecule has 0 amide bonds. The van der Waals surface area contributed by atoms with Crippen molar-refractivity contribution >= 4 is 17.5 Å². The Morgan fingerprint density at radius 2 is 2.17 bits per heavy atom. The molecule has 0 bridgehead atoms. The van der Waals surface area contributed by atoms with Crippen molar-refractivity contribution in [3.63, 3.8) is 0 Å². The fourth-order valence-electron chi connectivity index (χ4n) is 1.44. The molecule has 0 atom stereocenters. The second-order valence-electron chi connectivity index (χ2n) is 3.73. The van der Waals surface area contributed by atoms with Gasteiger partial charge in [0.1, 0.15) is 17.4 Å². The lowest BCUT2D eigenvalue weighted by Crippen LogP contribution is -2.03. The molecule has 5 nitrogen and oxygen atoms in total. The van der Waals surface area contributed by atoms with E-state index in [2.05, 4.69) is 15.3 Å². The van der Waals surface area contributed by atoms with Crippen LogP contribution in [0.5, 0.6) is 5.75 Å². The molecule has 0 saturated heterocycles. The van der Waals surface area contributed by atoms with Crippen molar-refractivity contribution in [3.8, 4) is 5.75 Å². The average molecular weight is 248 g/mol. The van der Waals surface area contributed by atoms with E-state index < -0.39 is 5.82 Å². The normalized spacial score (nSPS) is 10.2. The van der Waals surface area contributed by atoms with E-state index in [1.54, 1.807) is 25.3 Å². The number of hydrogen-bond acceptors (Lipinski definition) is 5. The Morgan fingerprint density at radius 1 is 1.39 bits per heavy atom. The molecule has 0 aliphatic heterocycles. The van der Waals surface area contributed by atoms with Crippen LogP contribution in [0.1, 0.15) is 5.56 Å². The number of ether oxygens (including phenoxy) is 1. The summed E-state index contributed by atoms with van der Waals surface area (Å²) in [4.78, 5) is 7.86. The van der Waals surface area contributed by atoms with E-state index in [4.69, 9.17) is 10.5 Å². The highest BCUT2D eigenvalue weighted by Crippen LogP contribution is 2.25. The molecular formula is C12H13FN4O. The van der Waals surface area contributed by atoms with Gasteiger partial charge in [-0.2, -0.15) is 4.98 Å². The number of hydrogen-bond donors (Lipinski definition) is 2. The highest BCUT2D eigenvalue weighted by molar-refractivity contribution is 5.61. The molecule has 2 aromatic rings. The minimum absolute atomic E-state index is 0.131. The van der Waals surface area contributed by atoms with Crippen molar-refractivity contribution in [3.05, 3.63) is 35.8 Å². The van der Waals surface area contributed by atoms with Crippen molar-refractivity contribution in [2.24, 2.45) is 0 Å². The number of nitrogens with one attached hydrogen (secondary N) is 1. The van der Waals surface area contributed by atoms with Crippen LogP contribution in [0.15, 0.2) is 24.4 Å². The summed E-state index contributed by atoms with van der Waals surface area (Å²) < 4.78 is 18.7. The Kier molecular flexibility index (Phi) is 3.27. The molecule has 3 N–H and O–H groups in total. The number of benzene rings is 1. The first-order chi connectivity index (χ1) is 8.60. The number of nitrogens with zero attached hydrogens (tertiary/aromatic N) is 2. The van der Waals surface area contributed by atoms with Gasteiger partial charge in [-0.05, 0) is 19.1 Å². The standard InChI is InChI=1S/C12H13FN4O/c1-7-6-15-12(14)17-11(7)16-10-5-8(18-2)3-4-9(10)13/h3-6H,1-2H3,(H3,14,15,16,17). The highest BCUT2D eigenvalue weighted by atomic mass is 19.1. The lowest BCUT2D eigenvalue weighted by Gasteiger charge is -2.10. The Bertz CT molecular complexity index is 574. The Hall–Kier alpha value is -2.37. The first kappa shape index (κ1) is 12.1. The maximum absolute atomic E-state index is 13.6. The predicted molar refractivity (Wildman–Crippen MR) is 67.4 cm³/mol. The van der Waals surface area contributed by atoms with Gasteiger partial charge in [0.05, 0.1) is 12.8 Å². The van der Waals surface area contributed by atoms with Crippen molar-refractivity contribution in [2.75, 3.05) is 18.2 Å². The molecular weight excluding hydrogens is 235 g/mol. The predicted octanol–water partition coefficient (Wildman–Crippen LogP) is 2.26. The molecule has 0 spiro atoms. The van der Waals surface area contributed by atoms with Crippen molar-refractivity contribution in [1.82, 2.24) is 9.97 Å². The highest BCUT2D eigenvalue weighted by Gasteiger charge is 2.07. The summed E-state index contributed by atoms with van der Waals surface area (Å²) in [6.07, 6.45) is 1.57. The fraction of sp³-hybridized carbons (Fsp3) is 0.167. The summed E-state index contributed by atoms with van der Waals surface area (Å²) in [5, 5.41) is 2.87. The Morgan fingerprint density at radius 3 is 2.89 bits per heavy atom. The number of anilines is 3. The largest absolute Gasteiger partial charge is 0.497 e. The van der Waals surface area contributed by atoms with Crippen LogP contribution < -0.4 is 15.8 Å². The van der Waals surface area contributed by atoms with Crippen LogP contribution in [0.25, 0.3) is 0 Å². The average Bonchev–Trinajstić information content (AvgIpc) is 2.36. The maximum atomic E-state index is 13.6. The monoisotopic (exact) mass is 248 g/mol. The SMILES string of the molecule is COc1ccc(F)c(Nc2nc(N)ncc2C)c1. The van der Waals surface area contributed by atoms with Crippen LogP contribution in [0.2, 0.25) is 0 Å². The van der Waals surface area contributed by atoms with Crippen LogP contribution in [0.3, 0.4) is 0 Å². The molecule has 0 fully saturated rings. The van der Waals surface area contributed by atoms with Crippen LogP contribution >= 0.6 is 0 Å². The molecule has 94 valence electrons. The molecule has 2 rings (SSSR count). The molecule has 0 saturated carbocycles. The summed E-state index contributed by atoms with van der Waals surface area (Å²) in [5.74, 6) is 0.757. The summed E-state index contributed by atoms with van der Waals surface area (Å²) >= 11 is 0. The van der Waals surface area contributed by atoms with E-state index in [0.717, 1.165) is 5.56 Å². The van der Waals surface area contributed by atoms with Crippen LogP contribution in [-0.4, -0.2) is 17.1 Å². The van der Waals surface area contributed by atoms with Gasteiger partial charge in [-0.25, -0.2) is 9.37 Å². The van der Waals surface area contributed by atoms with Gasteiger partial charge >= 0.3 is 0 Å². The Labute approximate surface area is 104 Å². The maximum Gasteiger partial charge on any atom is 0.221 e. The van der Waals surface area contributed by atoms with Crippen molar-refractivity contribution < 1.29 is 9.13 Å². The van der Waals surface area contributed by atoms with E-state index in [9.17, 15) is 4.39 Å². The first-order valence-electron chi connectivity index (χ1n) is 5.30. The third-order valence-corrected chi connectivity index (χ3v) is 2.42. The number of halogens is 1. The van der Waals surface area contributed by atoms with Crippen molar-refractivity contribution in [1.29, 1.82) is 0 Å². The summed E-state index contributed by atoms with van der Waals surface area (Å²) in [6, 6.07) is 4.41. The minimum Gasteiger partial charge on any atom is -0.497 e. The van der Waals surface area contributed by atoms with E-state index in [1.165, 1.54) is 13.2 Å². The van der Waals surface area contributed by atoms with E-state index in [0.29, 0.717) is 11.6 Å². The number of aryl methyl sites for hydroxylation is 1. The van der Waals surface area contributed by atoms with Gasteiger partial charge in [0, 0.05) is 17.8 Å². The molecule has 1 aromatic carbocycles. The summed E-state index contributed by atoms with van der Waals surface area (Å²) in [7, 11) is 1.52. The summed E-state index contributed by atoms with van der Waals surface area (Å²) in [5.41, 5.74) is 6.54. The van der Waals surface area contributed by atoms with Crippen molar-refractivity contribution in [2.45, 2.75) is 6.92 Å².